The highest BCUT2D eigenvalue weighted by atomic mass is 32.2. The van der Waals surface area contributed by atoms with Crippen molar-refractivity contribution in [3.63, 3.8) is 0 Å². The molecule has 202 valence electrons. The number of hydrogen-bond donors (Lipinski definition) is 0. The normalized spacial score (nSPS) is 17.7. The number of likely N-dealkylation sites (N-methyl/N-ethyl adjacent to an activating group) is 1. The molecule has 0 radical (unpaired) electrons. The minimum Gasteiger partial charge on any atom is -0.494 e. The number of benzene rings is 3. The van der Waals surface area contributed by atoms with Crippen molar-refractivity contribution in [2.75, 3.05) is 51.3 Å². The van der Waals surface area contributed by atoms with Crippen molar-refractivity contribution >= 4 is 46.0 Å². The minimum absolute atomic E-state index is 0.120. The molecule has 5 rings (SSSR count). The third kappa shape index (κ3) is 7.28. The Morgan fingerprint density at radius 2 is 1.49 bits per heavy atom. The molecule has 0 aromatic heterocycles. The Morgan fingerprint density at radius 1 is 0.872 bits per heavy atom. The van der Waals surface area contributed by atoms with Gasteiger partial charge in [-0.15, -0.1) is 0 Å². The first-order valence-electron chi connectivity index (χ1n) is 13.2. The van der Waals surface area contributed by atoms with Crippen molar-refractivity contribution in [3.8, 4) is 17.2 Å². The number of thiocarbonyl (C=S) groups is 1. The lowest BCUT2D eigenvalue weighted by Crippen LogP contribution is -2.44. The summed E-state index contributed by atoms with van der Waals surface area (Å²) in [5.74, 6) is 2.21. The van der Waals surface area contributed by atoms with Crippen LogP contribution in [-0.2, 0) is 4.79 Å². The highest BCUT2D eigenvalue weighted by Gasteiger charge is 2.33. The van der Waals surface area contributed by atoms with Crippen LogP contribution in [0.4, 0.5) is 5.69 Å². The van der Waals surface area contributed by atoms with Crippen LogP contribution in [0.15, 0.2) is 77.7 Å². The van der Waals surface area contributed by atoms with Gasteiger partial charge in [0, 0.05) is 32.7 Å². The molecule has 39 heavy (non-hydrogen) atoms. The fourth-order valence-electron chi connectivity index (χ4n) is 4.46. The Hall–Kier alpha value is -3.17. The van der Waals surface area contributed by atoms with Crippen LogP contribution < -0.4 is 14.4 Å². The number of anilines is 1. The summed E-state index contributed by atoms with van der Waals surface area (Å²) in [4.78, 5) is 20.2. The molecular weight excluding hydrogens is 526 g/mol. The zero-order valence-corrected chi connectivity index (χ0v) is 24.0. The molecule has 0 spiro atoms. The maximum Gasteiger partial charge on any atom is 0.270 e. The average molecular weight is 560 g/mol. The molecule has 3 aromatic carbocycles. The van der Waals surface area contributed by atoms with E-state index < -0.39 is 0 Å². The van der Waals surface area contributed by atoms with Crippen LogP contribution in [-0.4, -0.2) is 66.4 Å². The van der Waals surface area contributed by atoms with Crippen molar-refractivity contribution < 1.29 is 14.3 Å². The van der Waals surface area contributed by atoms with Crippen LogP contribution >= 0.6 is 24.0 Å². The van der Waals surface area contributed by atoms with Gasteiger partial charge >= 0.3 is 0 Å². The zero-order chi connectivity index (χ0) is 27.2. The van der Waals surface area contributed by atoms with Gasteiger partial charge in [-0.3, -0.25) is 9.69 Å². The van der Waals surface area contributed by atoms with Crippen LogP contribution in [0.1, 0.15) is 17.5 Å². The molecule has 1 amide bonds. The van der Waals surface area contributed by atoms with Crippen molar-refractivity contribution in [3.05, 3.63) is 88.8 Å². The quantitative estimate of drug-likeness (QED) is 0.175. The van der Waals surface area contributed by atoms with Crippen molar-refractivity contribution in [2.45, 2.75) is 13.3 Å². The van der Waals surface area contributed by atoms with Crippen molar-refractivity contribution in [1.82, 2.24) is 9.80 Å². The van der Waals surface area contributed by atoms with Gasteiger partial charge in [0.2, 0.25) is 0 Å². The number of ether oxygens (including phenoxy) is 2. The molecule has 2 aliphatic rings. The van der Waals surface area contributed by atoms with Gasteiger partial charge in [0.15, 0.2) is 4.32 Å². The third-order valence-corrected chi connectivity index (χ3v) is 8.11. The maximum atomic E-state index is 13.2. The highest BCUT2D eigenvalue weighted by molar-refractivity contribution is 8.27. The minimum atomic E-state index is -0.120. The Labute approximate surface area is 240 Å². The summed E-state index contributed by atoms with van der Waals surface area (Å²) in [5.41, 5.74) is 2.84. The van der Waals surface area contributed by atoms with Crippen LogP contribution in [0.25, 0.3) is 6.08 Å². The zero-order valence-electron chi connectivity index (χ0n) is 22.3. The molecule has 3 aromatic rings. The van der Waals surface area contributed by atoms with E-state index in [1.165, 1.54) is 17.3 Å². The second-order valence-electron chi connectivity index (χ2n) is 9.84. The fraction of sp³-hybridized carbons (Fsp3) is 0.290. The molecule has 8 heteroatoms. The number of nitrogens with zero attached hydrogens (tertiary/aromatic N) is 3. The molecule has 0 bridgehead atoms. The van der Waals surface area contributed by atoms with Crippen LogP contribution in [0.2, 0.25) is 0 Å². The summed E-state index contributed by atoms with van der Waals surface area (Å²) in [6.07, 6.45) is 2.86. The molecule has 6 nitrogen and oxygen atoms in total. The van der Waals surface area contributed by atoms with Gasteiger partial charge in [0.05, 0.1) is 17.2 Å². The summed E-state index contributed by atoms with van der Waals surface area (Å²) in [6, 6.07) is 23.2. The number of piperazine rings is 1. The van der Waals surface area contributed by atoms with Crippen LogP contribution in [0, 0.1) is 6.92 Å². The highest BCUT2D eigenvalue weighted by Crippen LogP contribution is 2.36. The van der Waals surface area contributed by atoms with Crippen molar-refractivity contribution in [1.29, 1.82) is 0 Å². The number of hydrogen-bond acceptors (Lipinski definition) is 7. The Kier molecular flexibility index (Phi) is 8.98. The molecule has 2 saturated heterocycles. The maximum absolute atomic E-state index is 13.2. The SMILES string of the molecule is Cc1ccc(Oc2ccc(C=C3SC(=S)N(c4ccc(OCCCN5CCN(C)CC5)cc4)C3=O)cc2)cc1. The third-order valence-electron chi connectivity index (χ3n) is 6.81. The topological polar surface area (TPSA) is 45.3 Å². The predicted octanol–water partition coefficient (Wildman–Crippen LogP) is 6.21. The van der Waals surface area contributed by atoms with Gasteiger partial charge in [-0.1, -0.05) is 53.8 Å². The van der Waals surface area contributed by atoms with E-state index in [1.807, 2.05) is 85.8 Å². The van der Waals surface area contributed by atoms with E-state index >= 15 is 0 Å². The molecule has 0 aliphatic carbocycles. The van der Waals surface area contributed by atoms with E-state index in [0.717, 1.165) is 67.6 Å². The second-order valence-corrected chi connectivity index (χ2v) is 11.5. The van der Waals surface area contributed by atoms with E-state index in [9.17, 15) is 4.79 Å². The monoisotopic (exact) mass is 559 g/mol. The molecule has 0 atom stereocenters. The van der Waals surface area contributed by atoms with Crippen molar-refractivity contribution in [2.24, 2.45) is 0 Å². The van der Waals surface area contributed by atoms with Gasteiger partial charge < -0.3 is 19.3 Å². The first-order chi connectivity index (χ1) is 18.9. The average Bonchev–Trinajstić information content (AvgIpc) is 3.22. The lowest BCUT2D eigenvalue weighted by molar-refractivity contribution is -0.113. The van der Waals surface area contributed by atoms with E-state index in [0.29, 0.717) is 15.8 Å². The van der Waals surface area contributed by atoms with E-state index in [1.54, 1.807) is 4.90 Å². The molecule has 2 heterocycles. The summed E-state index contributed by atoms with van der Waals surface area (Å²) >= 11 is 6.86. The first-order valence-corrected chi connectivity index (χ1v) is 14.4. The summed E-state index contributed by atoms with van der Waals surface area (Å²) in [6.45, 7) is 8.27. The smallest absolute Gasteiger partial charge is 0.270 e. The largest absolute Gasteiger partial charge is 0.494 e. The van der Waals surface area contributed by atoms with Gasteiger partial charge in [-0.05, 0) is 80.6 Å². The number of carbonyl (C=O) groups is 1. The summed E-state index contributed by atoms with van der Waals surface area (Å²) in [5, 5.41) is 0. The van der Waals surface area contributed by atoms with E-state index in [4.69, 9.17) is 21.7 Å². The standard InChI is InChI=1S/C31H33N3O3S2/c1-23-4-10-27(11-5-23)37-28-12-6-24(7-13-28)22-29-30(35)34(31(38)39-29)25-8-14-26(15-9-25)36-21-3-16-33-19-17-32(2)18-20-33/h4-15,22H,3,16-21H2,1-2H3. The van der Waals surface area contributed by atoms with E-state index in [-0.39, 0.29) is 5.91 Å². The molecule has 0 saturated carbocycles. The molecule has 0 N–H and O–H groups in total. The number of rotatable bonds is 9. The lowest BCUT2D eigenvalue weighted by Gasteiger charge is -2.32. The van der Waals surface area contributed by atoms with Gasteiger partial charge in [0.1, 0.15) is 17.2 Å². The number of amides is 1. The first kappa shape index (κ1) is 27.4. The molecular formula is C31H33N3O3S2. The fourth-order valence-corrected chi connectivity index (χ4v) is 5.76. The molecule has 0 unspecified atom stereocenters. The lowest BCUT2D eigenvalue weighted by atomic mass is 10.2. The van der Waals surface area contributed by atoms with E-state index in [2.05, 4.69) is 16.8 Å². The van der Waals surface area contributed by atoms with Gasteiger partial charge in [0.25, 0.3) is 5.91 Å². The number of carbonyl (C=O) groups excluding carboxylic acids is 1. The summed E-state index contributed by atoms with van der Waals surface area (Å²) < 4.78 is 12.4. The second kappa shape index (κ2) is 12.8. The Balaban J connectivity index is 1.14. The number of aryl methyl sites for hydroxylation is 1. The van der Waals surface area contributed by atoms with Crippen LogP contribution in [0.3, 0.4) is 0 Å². The Morgan fingerprint density at radius 3 is 2.15 bits per heavy atom. The summed E-state index contributed by atoms with van der Waals surface area (Å²) in [7, 11) is 2.17. The Bertz CT molecular complexity index is 1320. The van der Waals surface area contributed by atoms with Crippen LogP contribution in [0.5, 0.6) is 17.2 Å². The predicted molar refractivity (Wildman–Crippen MR) is 164 cm³/mol. The molecule has 2 aliphatic heterocycles. The van der Waals surface area contributed by atoms with Gasteiger partial charge in [-0.2, -0.15) is 0 Å². The van der Waals surface area contributed by atoms with Gasteiger partial charge in [-0.25, -0.2) is 0 Å². The number of thioether (sulfide) groups is 1. The molecule has 2 fully saturated rings.